The normalized spacial score (nSPS) is 24.5. The molecule has 162 valence electrons. The van der Waals surface area contributed by atoms with Gasteiger partial charge in [-0.1, -0.05) is 5.16 Å². The van der Waals surface area contributed by atoms with Crippen LogP contribution in [0.2, 0.25) is 0 Å². The van der Waals surface area contributed by atoms with Crippen molar-refractivity contribution < 1.29 is 28.6 Å². The Morgan fingerprint density at radius 2 is 2.00 bits per heavy atom. The number of benzene rings is 1. The Kier molecular flexibility index (Phi) is 6.69. The first-order chi connectivity index (χ1) is 14.6. The highest BCUT2D eigenvalue weighted by Gasteiger charge is 2.28. The van der Waals surface area contributed by atoms with E-state index in [0.29, 0.717) is 18.8 Å². The van der Waals surface area contributed by atoms with E-state index in [2.05, 4.69) is 5.16 Å². The molecule has 1 aliphatic heterocycles. The van der Waals surface area contributed by atoms with Gasteiger partial charge in [0.15, 0.2) is 12.1 Å². The largest absolute Gasteiger partial charge is 0.490 e. The topological polar surface area (TPSA) is 91.0 Å². The van der Waals surface area contributed by atoms with Gasteiger partial charge >= 0.3 is 5.97 Å². The fourth-order valence-electron chi connectivity index (χ4n) is 4.16. The summed E-state index contributed by atoms with van der Waals surface area (Å²) in [7, 11) is 0. The van der Waals surface area contributed by atoms with Crippen molar-refractivity contribution in [2.45, 2.75) is 70.9 Å². The third kappa shape index (κ3) is 5.02. The third-order valence-corrected chi connectivity index (χ3v) is 5.93. The molecule has 3 unspecified atom stereocenters. The van der Waals surface area contributed by atoms with Gasteiger partial charge in [0.2, 0.25) is 0 Å². The van der Waals surface area contributed by atoms with Crippen LogP contribution in [0, 0.1) is 12.8 Å². The van der Waals surface area contributed by atoms with Gasteiger partial charge in [0.25, 0.3) is 0 Å². The molecular weight excluding hydrogens is 386 g/mol. The Bertz CT molecular complexity index is 840. The van der Waals surface area contributed by atoms with Gasteiger partial charge in [0, 0.05) is 17.7 Å². The van der Waals surface area contributed by atoms with E-state index in [0.717, 1.165) is 67.7 Å². The van der Waals surface area contributed by atoms with Gasteiger partial charge in [-0.05, 0) is 76.1 Å². The van der Waals surface area contributed by atoms with Crippen LogP contribution in [-0.4, -0.2) is 35.2 Å². The lowest BCUT2D eigenvalue weighted by Crippen LogP contribution is -2.29. The molecular formula is C23H29NO6. The standard InChI is InChI=1S/C23H29NO6/c1-15-20(14-28-21-7-2-3-12-27-21)22(30-24-15)16-8-10-18(11-9-16)29-19-6-4-5-17(13-19)23(25)26/h8-11,17,19,21H,2-7,12-14H2,1H3,(H,25,26). The molecule has 0 radical (unpaired) electrons. The molecule has 4 rings (SSSR count). The Morgan fingerprint density at radius 3 is 2.73 bits per heavy atom. The summed E-state index contributed by atoms with van der Waals surface area (Å²) in [5.74, 6) is 0.390. The van der Waals surface area contributed by atoms with Crippen LogP contribution in [0.4, 0.5) is 0 Å². The Labute approximate surface area is 176 Å². The van der Waals surface area contributed by atoms with Crippen molar-refractivity contribution in [2.75, 3.05) is 6.61 Å². The molecule has 2 aromatic rings. The number of nitrogens with zero attached hydrogens (tertiary/aromatic N) is 1. The van der Waals surface area contributed by atoms with Crippen LogP contribution in [0.1, 0.15) is 56.2 Å². The number of hydrogen-bond donors (Lipinski definition) is 1. The van der Waals surface area contributed by atoms with Crippen molar-refractivity contribution in [3.63, 3.8) is 0 Å². The van der Waals surface area contributed by atoms with E-state index < -0.39 is 5.97 Å². The monoisotopic (exact) mass is 415 g/mol. The average molecular weight is 415 g/mol. The van der Waals surface area contributed by atoms with E-state index in [1.807, 2.05) is 31.2 Å². The van der Waals surface area contributed by atoms with Crippen LogP contribution in [0.3, 0.4) is 0 Å². The Hall–Kier alpha value is -2.38. The summed E-state index contributed by atoms with van der Waals surface area (Å²) in [4.78, 5) is 11.3. The van der Waals surface area contributed by atoms with Gasteiger partial charge in [-0.2, -0.15) is 0 Å². The fourth-order valence-corrected chi connectivity index (χ4v) is 4.16. The quantitative estimate of drug-likeness (QED) is 0.700. The molecule has 30 heavy (non-hydrogen) atoms. The zero-order valence-electron chi connectivity index (χ0n) is 17.3. The molecule has 0 amide bonds. The van der Waals surface area contributed by atoms with Gasteiger partial charge in [-0.25, -0.2) is 0 Å². The molecule has 2 heterocycles. The molecule has 1 aromatic heterocycles. The second kappa shape index (κ2) is 9.62. The first-order valence-electron chi connectivity index (χ1n) is 10.8. The van der Waals surface area contributed by atoms with Gasteiger partial charge in [0.05, 0.1) is 24.3 Å². The number of aliphatic carboxylic acids is 1. The summed E-state index contributed by atoms with van der Waals surface area (Å²) in [6.45, 7) is 3.05. The maximum absolute atomic E-state index is 11.3. The van der Waals surface area contributed by atoms with Crippen molar-refractivity contribution in [3.05, 3.63) is 35.5 Å². The number of rotatable bonds is 7. The number of aromatic nitrogens is 1. The predicted octanol–water partition coefficient (Wildman–Crippen LogP) is 4.72. The zero-order chi connectivity index (χ0) is 20.9. The van der Waals surface area contributed by atoms with Crippen molar-refractivity contribution in [2.24, 2.45) is 5.92 Å². The minimum atomic E-state index is -0.729. The molecule has 2 fully saturated rings. The van der Waals surface area contributed by atoms with Crippen molar-refractivity contribution in [1.82, 2.24) is 5.16 Å². The Balaban J connectivity index is 1.39. The van der Waals surface area contributed by atoms with Crippen LogP contribution in [0.25, 0.3) is 11.3 Å². The summed E-state index contributed by atoms with van der Waals surface area (Å²) in [5.41, 5.74) is 2.63. The SMILES string of the molecule is Cc1noc(-c2ccc(OC3CCCC(C(=O)O)C3)cc2)c1COC1CCCCO1. The number of ether oxygens (including phenoxy) is 3. The molecule has 2 aliphatic rings. The van der Waals surface area contributed by atoms with Crippen LogP contribution < -0.4 is 4.74 Å². The molecule has 7 heteroatoms. The summed E-state index contributed by atoms with van der Waals surface area (Å²) in [6, 6.07) is 7.67. The molecule has 0 bridgehead atoms. The van der Waals surface area contributed by atoms with Crippen molar-refractivity contribution >= 4 is 5.97 Å². The van der Waals surface area contributed by atoms with Gasteiger partial charge in [-0.3, -0.25) is 4.79 Å². The third-order valence-electron chi connectivity index (χ3n) is 5.93. The maximum Gasteiger partial charge on any atom is 0.306 e. The van der Waals surface area contributed by atoms with Crippen LogP contribution >= 0.6 is 0 Å². The smallest absolute Gasteiger partial charge is 0.306 e. The zero-order valence-corrected chi connectivity index (χ0v) is 17.3. The van der Waals surface area contributed by atoms with E-state index >= 15 is 0 Å². The molecule has 1 aromatic carbocycles. The average Bonchev–Trinajstić information content (AvgIpc) is 3.14. The molecule has 1 saturated carbocycles. The molecule has 1 aliphatic carbocycles. The number of carbonyl (C=O) groups is 1. The maximum atomic E-state index is 11.3. The first kappa shape index (κ1) is 20.9. The lowest BCUT2D eigenvalue weighted by atomic mass is 9.87. The van der Waals surface area contributed by atoms with E-state index in [-0.39, 0.29) is 18.3 Å². The van der Waals surface area contributed by atoms with E-state index in [9.17, 15) is 9.90 Å². The van der Waals surface area contributed by atoms with Gasteiger partial charge in [-0.15, -0.1) is 0 Å². The lowest BCUT2D eigenvalue weighted by Gasteiger charge is -2.27. The van der Waals surface area contributed by atoms with Gasteiger partial charge in [0.1, 0.15) is 5.75 Å². The van der Waals surface area contributed by atoms with Crippen molar-refractivity contribution in [1.29, 1.82) is 0 Å². The number of aryl methyl sites for hydroxylation is 1. The minimum absolute atomic E-state index is 0.0577. The second-order valence-corrected chi connectivity index (χ2v) is 8.15. The fraction of sp³-hybridized carbons (Fsp3) is 0.565. The molecule has 0 spiro atoms. The van der Waals surface area contributed by atoms with E-state index in [1.165, 1.54) is 0 Å². The highest BCUT2D eigenvalue weighted by Crippen LogP contribution is 2.31. The molecule has 1 saturated heterocycles. The van der Waals surface area contributed by atoms with E-state index in [1.54, 1.807) is 0 Å². The highest BCUT2D eigenvalue weighted by atomic mass is 16.7. The summed E-state index contributed by atoms with van der Waals surface area (Å²) in [5, 5.41) is 13.4. The molecule has 1 N–H and O–H groups in total. The summed E-state index contributed by atoms with van der Waals surface area (Å²) < 4.78 is 23.2. The lowest BCUT2D eigenvalue weighted by molar-refractivity contribution is -0.168. The predicted molar refractivity (Wildman–Crippen MR) is 109 cm³/mol. The summed E-state index contributed by atoms with van der Waals surface area (Å²) in [6.07, 6.45) is 5.95. The first-order valence-corrected chi connectivity index (χ1v) is 10.8. The number of carboxylic acid groups (broad SMARTS) is 1. The van der Waals surface area contributed by atoms with E-state index in [4.69, 9.17) is 18.7 Å². The summed E-state index contributed by atoms with van der Waals surface area (Å²) >= 11 is 0. The Morgan fingerprint density at radius 1 is 1.17 bits per heavy atom. The number of carboxylic acids is 1. The molecule has 7 nitrogen and oxygen atoms in total. The van der Waals surface area contributed by atoms with Gasteiger partial charge < -0.3 is 23.8 Å². The minimum Gasteiger partial charge on any atom is -0.490 e. The number of hydrogen-bond acceptors (Lipinski definition) is 6. The van der Waals surface area contributed by atoms with Crippen molar-refractivity contribution in [3.8, 4) is 17.1 Å². The van der Waals surface area contributed by atoms with Crippen LogP contribution in [0.15, 0.2) is 28.8 Å². The van der Waals surface area contributed by atoms with Crippen LogP contribution in [0.5, 0.6) is 5.75 Å². The highest BCUT2D eigenvalue weighted by molar-refractivity contribution is 5.70. The second-order valence-electron chi connectivity index (χ2n) is 8.15. The molecule has 3 atom stereocenters. The van der Waals surface area contributed by atoms with Crippen LogP contribution in [-0.2, 0) is 20.9 Å².